The van der Waals surface area contributed by atoms with Crippen molar-refractivity contribution in [1.29, 1.82) is 0 Å². The SMILES string of the molecule is Cc1cn(C)nc1[C@H](Nc1c(Nc2ccnc(C(=O)N(C)C)c2O)c(=O)c1=O)C1(C)CCCC1.O. The van der Waals surface area contributed by atoms with E-state index in [0.717, 1.165) is 36.9 Å². The van der Waals surface area contributed by atoms with Crippen molar-refractivity contribution < 1.29 is 15.4 Å². The maximum atomic E-state index is 12.6. The summed E-state index contributed by atoms with van der Waals surface area (Å²) in [6, 6.07) is 1.18. The molecule has 0 spiro atoms. The van der Waals surface area contributed by atoms with E-state index in [1.165, 1.54) is 17.2 Å². The highest BCUT2D eigenvalue weighted by Gasteiger charge is 2.41. The van der Waals surface area contributed by atoms with Gasteiger partial charge in [-0.2, -0.15) is 5.10 Å². The normalized spacial score (nSPS) is 15.5. The Morgan fingerprint density at radius 3 is 2.40 bits per heavy atom. The van der Waals surface area contributed by atoms with Crippen LogP contribution in [-0.2, 0) is 7.05 Å². The zero-order valence-electron chi connectivity index (χ0n) is 20.6. The number of amides is 1. The van der Waals surface area contributed by atoms with Gasteiger partial charge in [0.1, 0.15) is 11.4 Å². The summed E-state index contributed by atoms with van der Waals surface area (Å²) in [5, 5.41) is 21.4. The summed E-state index contributed by atoms with van der Waals surface area (Å²) < 4.78 is 1.75. The lowest BCUT2D eigenvalue weighted by Gasteiger charge is -2.35. The molecule has 1 atom stereocenters. The second kappa shape index (κ2) is 9.49. The number of carbonyl (C=O) groups excluding carboxylic acids is 1. The third-order valence-electron chi connectivity index (χ3n) is 6.76. The smallest absolute Gasteiger partial charge is 0.275 e. The number of hydrogen-bond acceptors (Lipinski definition) is 8. The van der Waals surface area contributed by atoms with E-state index in [2.05, 4.69) is 27.6 Å². The van der Waals surface area contributed by atoms with Gasteiger partial charge in [-0.3, -0.25) is 19.1 Å². The minimum atomic E-state index is -0.688. The third-order valence-corrected chi connectivity index (χ3v) is 6.76. The fourth-order valence-corrected chi connectivity index (χ4v) is 4.80. The van der Waals surface area contributed by atoms with Gasteiger partial charge in [-0.15, -0.1) is 0 Å². The van der Waals surface area contributed by atoms with Gasteiger partial charge in [0.05, 0.1) is 17.4 Å². The highest BCUT2D eigenvalue weighted by atomic mass is 16.3. The first kappa shape index (κ1) is 25.9. The van der Waals surface area contributed by atoms with Crippen LogP contribution in [0.25, 0.3) is 0 Å². The first-order valence-electron chi connectivity index (χ1n) is 11.3. The van der Waals surface area contributed by atoms with Gasteiger partial charge >= 0.3 is 0 Å². The molecule has 2 aromatic heterocycles. The Kier molecular flexibility index (Phi) is 7.02. The first-order valence-corrected chi connectivity index (χ1v) is 11.3. The van der Waals surface area contributed by atoms with E-state index in [1.807, 2.05) is 20.2 Å². The molecule has 3 aromatic rings. The lowest BCUT2D eigenvalue weighted by atomic mass is 9.78. The molecule has 11 nitrogen and oxygen atoms in total. The Bertz CT molecular complexity index is 1310. The molecule has 1 amide bonds. The van der Waals surface area contributed by atoms with Crippen LogP contribution in [-0.4, -0.2) is 50.2 Å². The van der Waals surface area contributed by atoms with Gasteiger partial charge in [0.15, 0.2) is 11.4 Å². The molecule has 5 N–H and O–H groups in total. The van der Waals surface area contributed by atoms with Crippen molar-refractivity contribution in [2.24, 2.45) is 12.5 Å². The number of carbonyl (C=O) groups is 1. The van der Waals surface area contributed by atoms with Gasteiger partial charge in [0.25, 0.3) is 16.8 Å². The van der Waals surface area contributed by atoms with E-state index < -0.39 is 16.8 Å². The average molecular weight is 485 g/mol. The van der Waals surface area contributed by atoms with Crippen LogP contribution in [0, 0.1) is 12.3 Å². The maximum Gasteiger partial charge on any atom is 0.275 e. The molecule has 1 aromatic carbocycles. The lowest BCUT2D eigenvalue weighted by molar-refractivity contribution is 0.0819. The monoisotopic (exact) mass is 484 g/mol. The van der Waals surface area contributed by atoms with E-state index >= 15 is 0 Å². The maximum absolute atomic E-state index is 12.6. The molecular weight excluding hydrogens is 452 g/mol. The number of hydrogen-bond donors (Lipinski definition) is 3. The molecule has 1 aliphatic rings. The van der Waals surface area contributed by atoms with Crippen LogP contribution in [0.3, 0.4) is 0 Å². The second-order valence-electron chi connectivity index (χ2n) is 9.60. The molecule has 188 valence electrons. The third kappa shape index (κ3) is 4.51. The molecule has 1 aliphatic carbocycles. The number of nitrogens with one attached hydrogen (secondary N) is 2. The predicted octanol–water partition coefficient (Wildman–Crippen LogP) is 1.78. The van der Waals surface area contributed by atoms with Crippen molar-refractivity contribution in [3.8, 4) is 5.75 Å². The van der Waals surface area contributed by atoms with Crippen molar-refractivity contribution in [1.82, 2.24) is 19.7 Å². The van der Waals surface area contributed by atoms with Crippen molar-refractivity contribution in [3.63, 3.8) is 0 Å². The van der Waals surface area contributed by atoms with Crippen LogP contribution in [0.15, 0.2) is 28.0 Å². The first-order chi connectivity index (χ1) is 16.0. The van der Waals surface area contributed by atoms with Crippen molar-refractivity contribution >= 4 is 23.0 Å². The Labute approximate surface area is 202 Å². The van der Waals surface area contributed by atoms with Gasteiger partial charge in [0, 0.05) is 33.5 Å². The van der Waals surface area contributed by atoms with Crippen LogP contribution >= 0.6 is 0 Å². The largest absolute Gasteiger partial charge is 0.504 e. The van der Waals surface area contributed by atoms with Gasteiger partial charge < -0.3 is 26.1 Å². The number of nitrogens with zero attached hydrogens (tertiary/aromatic N) is 4. The van der Waals surface area contributed by atoms with Crippen LogP contribution in [0.1, 0.15) is 60.4 Å². The molecular formula is C24H32N6O5. The molecule has 0 unspecified atom stereocenters. The number of aromatic nitrogens is 3. The summed E-state index contributed by atoms with van der Waals surface area (Å²) in [5.41, 5.74) is 0.571. The van der Waals surface area contributed by atoms with Crippen LogP contribution in [0.4, 0.5) is 17.1 Å². The van der Waals surface area contributed by atoms with Gasteiger partial charge in [0.2, 0.25) is 0 Å². The number of pyridine rings is 1. The summed E-state index contributed by atoms with van der Waals surface area (Å²) in [7, 11) is 4.95. The molecule has 4 rings (SSSR count). The summed E-state index contributed by atoms with van der Waals surface area (Å²) in [5.74, 6) is -0.871. The number of aryl methyl sites for hydroxylation is 2. The molecule has 1 fully saturated rings. The van der Waals surface area contributed by atoms with Gasteiger partial charge in [-0.05, 0) is 36.8 Å². The highest BCUT2D eigenvalue weighted by Crippen LogP contribution is 2.49. The number of rotatable bonds is 7. The molecule has 35 heavy (non-hydrogen) atoms. The Morgan fingerprint density at radius 1 is 1.20 bits per heavy atom. The Balaban J connectivity index is 0.00000342. The van der Waals surface area contributed by atoms with Crippen molar-refractivity contribution in [2.45, 2.75) is 45.6 Å². The zero-order valence-corrected chi connectivity index (χ0v) is 20.6. The molecule has 2 heterocycles. The quantitative estimate of drug-likeness (QED) is 0.428. The Hall–Kier alpha value is -3.73. The summed E-state index contributed by atoms with van der Waals surface area (Å²) in [6.45, 7) is 4.16. The highest BCUT2D eigenvalue weighted by molar-refractivity contribution is 5.97. The van der Waals surface area contributed by atoms with E-state index in [1.54, 1.807) is 18.8 Å². The second-order valence-corrected chi connectivity index (χ2v) is 9.60. The standard InChI is InChI=1S/C24H30N6O4.H2O/c1-13-12-30(5)28-15(13)22(24(2)9-6-7-10-24)27-17-16(20(32)21(17)33)26-14-8-11-25-18(19(14)31)23(34)29(3)4;/h8,11-12,22,27,31H,6-7,9-10H2,1-5H3,(H,25,26);1H2/t22-;/m0./s1. The average Bonchev–Trinajstić information content (AvgIpc) is 3.38. The molecule has 0 aliphatic heterocycles. The molecule has 1 saturated carbocycles. The summed E-state index contributed by atoms with van der Waals surface area (Å²) >= 11 is 0. The fraction of sp³-hybridized carbons (Fsp3) is 0.458. The van der Waals surface area contributed by atoms with E-state index in [4.69, 9.17) is 0 Å². The van der Waals surface area contributed by atoms with Crippen LogP contribution in [0.5, 0.6) is 5.75 Å². The molecule has 0 bridgehead atoms. The van der Waals surface area contributed by atoms with Crippen molar-refractivity contribution in [2.75, 3.05) is 24.7 Å². The summed E-state index contributed by atoms with van der Waals surface area (Å²) in [6.07, 6.45) is 7.41. The summed E-state index contributed by atoms with van der Waals surface area (Å²) in [4.78, 5) is 42.7. The fourth-order valence-electron chi connectivity index (χ4n) is 4.80. The van der Waals surface area contributed by atoms with E-state index in [-0.39, 0.29) is 45.4 Å². The lowest BCUT2D eigenvalue weighted by Crippen LogP contribution is -2.40. The van der Waals surface area contributed by atoms with Crippen LogP contribution < -0.4 is 21.5 Å². The van der Waals surface area contributed by atoms with E-state index in [0.29, 0.717) is 0 Å². The van der Waals surface area contributed by atoms with Gasteiger partial charge in [-0.1, -0.05) is 19.8 Å². The number of aromatic hydroxyl groups is 1. The minimum Gasteiger partial charge on any atom is -0.504 e. The van der Waals surface area contributed by atoms with Crippen molar-refractivity contribution in [3.05, 3.63) is 55.9 Å². The minimum absolute atomic E-state index is 0. The van der Waals surface area contributed by atoms with Crippen LogP contribution in [0.2, 0.25) is 0 Å². The molecule has 11 heteroatoms. The topological polar surface area (TPSA) is 161 Å². The van der Waals surface area contributed by atoms with E-state index in [9.17, 15) is 19.5 Å². The number of anilines is 3. The molecule has 0 saturated heterocycles. The molecule has 0 radical (unpaired) electrons. The Morgan fingerprint density at radius 2 is 1.83 bits per heavy atom. The zero-order chi connectivity index (χ0) is 24.8. The predicted molar refractivity (Wildman–Crippen MR) is 133 cm³/mol. The van der Waals surface area contributed by atoms with Gasteiger partial charge in [-0.25, -0.2) is 4.98 Å².